The largest absolute Gasteiger partial charge is 0.493 e. The fourth-order valence-corrected chi connectivity index (χ4v) is 3.83. The van der Waals surface area contributed by atoms with Crippen LogP contribution in [-0.4, -0.2) is 47.1 Å². The quantitative estimate of drug-likeness (QED) is 0.535. The Morgan fingerprint density at radius 3 is 2.36 bits per heavy atom. The molecule has 1 unspecified atom stereocenters. The van der Waals surface area contributed by atoms with Crippen LogP contribution in [0, 0.1) is 0 Å². The molecule has 0 fully saturated rings. The van der Waals surface area contributed by atoms with E-state index < -0.39 is 22.0 Å². The standard InChI is InChI=1S/C19H23N3O5S/c1-14(22(28(4,24)25)16-10-6-5-7-11-16)19(23)21-20-13-15-9-8-12-17(26-2)18(15)27-3/h5-14H,1-4H3,(H,21,23)/b20-13+. The predicted octanol–water partition coefficient (Wildman–Crippen LogP) is 2.01. The number of benzene rings is 2. The van der Waals surface area contributed by atoms with E-state index in [9.17, 15) is 13.2 Å². The predicted molar refractivity (Wildman–Crippen MR) is 109 cm³/mol. The molecule has 0 bridgehead atoms. The lowest BCUT2D eigenvalue weighted by Crippen LogP contribution is -2.46. The topological polar surface area (TPSA) is 97.3 Å². The second-order valence-electron chi connectivity index (χ2n) is 5.89. The molecule has 0 aliphatic rings. The lowest BCUT2D eigenvalue weighted by atomic mass is 10.2. The zero-order valence-electron chi connectivity index (χ0n) is 16.1. The molecule has 0 saturated carbocycles. The van der Waals surface area contributed by atoms with Crippen LogP contribution in [0.5, 0.6) is 11.5 Å². The Kier molecular flexibility index (Phi) is 7.00. The van der Waals surface area contributed by atoms with Gasteiger partial charge in [0.05, 0.1) is 32.4 Å². The summed E-state index contributed by atoms with van der Waals surface area (Å²) in [6.07, 6.45) is 2.45. The van der Waals surface area contributed by atoms with Crippen LogP contribution in [0.15, 0.2) is 53.6 Å². The van der Waals surface area contributed by atoms with Gasteiger partial charge in [0.1, 0.15) is 6.04 Å². The highest BCUT2D eigenvalue weighted by molar-refractivity contribution is 7.92. The van der Waals surface area contributed by atoms with E-state index in [0.29, 0.717) is 22.7 Å². The second-order valence-corrected chi connectivity index (χ2v) is 7.75. The molecule has 0 aliphatic carbocycles. The van der Waals surface area contributed by atoms with Crippen molar-refractivity contribution in [3.8, 4) is 11.5 Å². The van der Waals surface area contributed by atoms with E-state index in [1.165, 1.54) is 27.4 Å². The molecule has 2 aromatic rings. The highest BCUT2D eigenvalue weighted by Crippen LogP contribution is 2.29. The molecule has 0 spiro atoms. The van der Waals surface area contributed by atoms with Crippen molar-refractivity contribution in [3.63, 3.8) is 0 Å². The number of carbonyl (C=O) groups excluding carboxylic acids is 1. The molecule has 1 amide bonds. The number of nitrogens with zero attached hydrogens (tertiary/aromatic N) is 2. The van der Waals surface area contributed by atoms with Crippen LogP contribution >= 0.6 is 0 Å². The number of sulfonamides is 1. The molecule has 0 heterocycles. The number of hydrazone groups is 1. The first kappa shape index (κ1) is 21.2. The molecule has 0 aromatic heterocycles. The van der Waals surface area contributed by atoms with E-state index in [1.807, 2.05) is 0 Å². The van der Waals surface area contributed by atoms with Gasteiger partial charge in [0.2, 0.25) is 10.0 Å². The average molecular weight is 405 g/mol. The number of hydrogen-bond donors (Lipinski definition) is 1. The first-order valence-electron chi connectivity index (χ1n) is 8.38. The van der Waals surface area contributed by atoms with E-state index in [1.54, 1.807) is 48.5 Å². The van der Waals surface area contributed by atoms with Crippen LogP contribution in [-0.2, 0) is 14.8 Å². The Labute approximate surface area is 164 Å². The Morgan fingerprint density at radius 2 is 1.79 bits per heavy atom. The molecule has 0 radical (unpaired) electrons. The van der Waals surface area contributed by atoms with Crippen molar-refractivity contribution in [3.05, 3.63) is 54.1 Å². The van der Waals surface area contributed by atoms with Gasteiger partial charge in [-0.2, -0.15) is 5.10 Å². The summed E-state index contributed by atoms with van der Waals surface area (Å²) in [7, 11) is -0.656. The molecule has 0 saturated heterocycles. The van der Waals surface area contributed by atoms with E-state index in [4.69, 9.17) is 9.47 Å². The van der Waals surface area contributed by atoms with Gasteiger partial charge < -0.3 is 9.47 Å². The lowest BCUT2D eigenvalue weighted by Gasteiger charge is -2.27. The molecule has 0 aliphatic heterocycles. The van der Waals surface area contributed by atoms with Gasteiger partial charge >= 0.3 is 0 Å². The van der Waals surface area contributed by atoms with Crippen molar-refractivity contribution in [2.45, 2.75) is 13.0 Å². The van der Waals surface area contributed by atoms with Gasteiger partial charge in [-0.3, -0.25) is 9.10 Å². The maximum Gasteiger partial charge on any atom is 0.263 e. The molecular weight excluding hydrogens is 382 g/mol. The molecule has 28 heavy (non-hydrogen) atoms. The molecule has 9 heteroatoms. The van der Waals surface area contributed by atoms with Crippen molar-refractivity contribution in [2.24, 2.45) is 5.10 Å². The minimum absolute atomic E-state index is 0.395. The normalized spacial score (nSPS) is 12.4. The number of rotatable bonds is 8. The van der Waals surface area contributed by atoms with Crippen molar-refractivity contribution in [2.75, 3.05) is 24.8 Å². The molecule has 8 nitrogen and oxygen atoms in total. The van der Waals surface area contributed by atoms with Crippen molar-refractivity contribution in [1.82, 2.24) is 5.43 Å². The zero-order valence-corrected chi connectivity index (χ0v) is 16.9. The monoisotopic (exact) mass is 405 g/mol. The molecule has 2 rings (SSSR count). The summed E-state index contributed by atoms with van der Waals surface area (Å²) < 4.78 is 36.0. The smallest absolute Gasteiger partial charge is 0.263 e. The van der Waals surface area contributed by atoms with Gasteiger partial charge in [0, 0.05) is 5.56 Å². The van der Waals surface area contributed by atoms with Gasteiger partial charge in [0.15, 0.2) is 11.5 Å². The van der Waals surface area contributed by atoms with Crippen molar-refractivity contribution >= 4 is 27.8 Å². The number of carbonyl (C=O) groups is 1. The zero-order chi connectivity index (χ0) is 20.7. The number of amides is 1. The van der Waals surface area contributed by atoms with Gasteiger partial charge in [-0.05, 0) is 31.2 Å². The lowest BCUT2D eigenvalue weighted by molar-refractivity contribution is -0.121. The minimum Gasteiger partial charge on any atom is -0.493 e. The second kappa shape index (κ2) is 9.23. The Morgan fingerprint density at radius 1 is 1.11 bits per heavy atom. The third kappa shape index (κ3) is 5.01. The number of para-hydroxylation sites is 2. The summed E-state index contributed by atoms with van der Waals surface area (Å²) in [6.45, 7) is 1.49. The number of methoxy groups -OCH3 is 2. The highest BCUT2D eigenvalue weighted by atomic mass is 32.2. The van der Waals surface area contributed by atoms with Crippen LogP contribution < -0.4 is 19.2 Å². The van der Waals surface area contributed by atoms with Gasteiger partial charge in [0.25, 0.3) is 5.91 Å². The number of ether oxygens (including phenoxy) is 2. The van der Waals surface area contributed by atoms with E-state index in [-0.39, 0.29) is 0 Å². The first-order chi connectivity index (χ1) is 13.3. The number of hydrogen-bond acceptors (Lipinski definition) is 6. The summed E-state index contributed by atoms with van der Waals surface area (Å²) in [6, 6.07) is 12.6. The summed E-state index contributed by atoms with van der Waals surface area (Å²) in [5.74, 6) is 0.420. The molecule has 2 aromatic carbocycles. The van der Waals surface area contributed by atoms with E-state index in [2.05, 4.69) is 10.5 Å². The highest BCUT2D eigenvalue weighted by Gasteiger charge is 2.28. The van der Waals surface area contributed by atoms with Crippen molar-refractivity contribution in [1.29, 1.82) is 0 Å². The SMILES string of the molecule is COc1cccc(/C=N/NC(=O)C(C)N(c2ccccc2)S(C)(=O)=O)c1OC. The maximum absolute atomic E-state index is 12.5. The number of anilines is 1. The molecule has 1 atom stereocenters. The molecule has 1 N–H and O–H groups in total. The summed E-state index contributed by atoms with van der Waals surface area (Å²) in [4.78, 5) is 12.5. The third-order valence-corrected chi connectivity index (χ3v) is 5.15. The maximum atomic E-state index is 12.5. The van der Waals surface area contributed by atoms with Crippen LogP contribution in [0.25, 0.3) is 0 Å². The van der Waals surface area contributed by atoms with Crippen LogP contribution in [0.2, 0.25) is 0 Å². The van der Waals surface area contributed by atoms with Crippen LogP contribution in [0.4, 0.5) is 5.69 Å². The number of nitrogens with one attached hydrogen (secondary N) is 1. The minimum atomic E-state index is -3.67. The Balaban J connectivity index is 2.19. The summed E-state index contributed by atoms with van der Waals surface area (Å²) in [5.41, 5.74) is 3.36. The van der Waals surface area contributed by atoms with E-state index >= 15 is 0 Å². The summed E-state index contributed by atoms with van der Waals surface area (Å²) in [5, 5.41) is 3.92. The fraction of sp³-hybridized carbons (Fsp3) is 0.263. The van der Waals surface area contributed by atoms with E-state index in [0.717, 1.165) is 10.6 Å². The summed E-state index contributed by atoms with van der Waals surface area (Å²) >= 11 is 0. The first-order valence-corrected chi connectivity index (χ1v) is 10.2. The van der Waals surface area contributed by atoms with Gasteiger partial charge in [-0.15, -0.1) is 0 Å². The van der Waals surface area contributed by atoms with Crippen molar-refractivity contribution < 1.29 is 22.7 Å². The molecular formula is C19H23N3O5S. The third-order valence-electron chi connectivity index (χ3n) is 3.91. The Hall–Kier alpha value is -3.07. The van der Waals surface area contributed by atoms with Crippen LogP contribution in [0.3, 0.4) is 0 Å². The fourth-order valence-electron chi connectivity index (χ4n) is 2.66. The van der Waals surface area contributed by atoms with Gasteiger partial charge in [-0.25, -0.2) is 13.8 Å². The van der Waals surface area contributed by atoms with Gasteiger partial charge in [-0.1, -0.05) is 24.3 Å². The Bertz CT molecular complexity index is 945. The van der Waals surface area contributed by atoms with Crippen LogP contribution in [0.1, 0.15) is 12.5 Å². The molecule has 150 valence electrons. The average Bonchev–Trinajstić information content (AvgIpc) is 2.67.